The Balaban J connectivity index is 1.27. The molecule has 0 radical (unpaired) electrons. The molecule has 1 atom stereocenters. The third kappa shape index (κ3) is 6.83. The van der Waals surface area contributed by atoms with Gasteiger partial charge in [0.25, 0.3) is 11.8 Å². The van der Waals surface area contributed by atoms with Gasteiger partial charge in [-0.2, -0.15) is 0 Å². The zero-order chi connectivity index (χ0) is 32.8. The Hall–Kier alpha value is -5.71. The van der Waals surface area contributed by atoms with Gasteiger partial charge in [0.1, 0.15) is 0 Å². The van der Waals surface area contributed by atoms with Crippen molar-refractivity contribution in [3.05, 3.63) is 102 Å². The topological polar surface area (TPSA) is 152 Å². The highest BCUT2D eigenvalue weighted by atomic mass is 16.5. The number of aromatic nitrogens is 3. The molecule has 2 aromatic carbocycles. The number of carbonyl (C=O) groups is 4. The molecule has 0 bridgehead atoms. The van der Waals surface area contributed by atoms with Gasteiger partial charge in [0.15, 0.2) is 5.78 Å². The van der Waals surface area contributed by atoms with Crippen LogP contribution in [0.2, 0.25) is 0 Å². The molecule has 4 aromatic rings. The van der Waals surface area contributed by atoms with Crippen LogP contribution in [0.5, 0.6) is 0 Å². The minimum Gasteiger partial charge on any atom is -0.468 e. The van der Waals surface area contributed by atoms with E-state index in [0.29, 0.717) is 22.9 Å². The zero-order valence-corrected chi connectivity index (χ0v) is 26.0. The number of amides is 2. The smallest absolute Gasteiger partial charge is 0.315 e. The second-order valence-corrected chi connectivity index (χ2v) is 11.3. The van der Waals surface area contributed by atoms with Crippen LogP contribution in [-0.4, -0.2) is 45.6 Å². The number of aryl methyl sites for hydroxylation is 1. The van der Waals surface area contributed by atoms with Crippen LogP contribution in [0.25, 0.3) is 11.3 Å². The minimum absolute atomic E-state index is 0.0491. The number of hydrogen-bond donors (Lipinski definition) is 3. The van der Waals surface area contributed by atoms with Gasteiger partial charge in [0, 0.05) is 53.2 Å². The molecule has 0 saturated carbocycles. The lowest BCUT2D eigenvalue weighted by Crippen LogP contribution is -2.41. The number of hydrogen-bond acceptors (Lipinski definition) is 9. The third-order valence-electron chi connectivity index (χ3n) is 8.03. The van der Waals surface area contributed by atoms with E-state index in [1.807, 2.05) is 51.1 Å². The summed E-state index contributed by atoms with van der Waals surface area (Å²) in [5.74, 6) is -1.64. The first-order valence-electron chi connectivity index (χ1n) is 14.8. The van der Waals surface area contributed by atoms with Crippen molar-refractivity contribution in [2.45, 2.75) is 33.6 Å². The maximum absolute atomic E-state index is 13.2. The van der Waals surface area contributed by atoms with Crippen LogP contribution in [0, 0.1) is 18.3 Å². The standard InChI is InChI=1S/C35H34N6O5/c1-21(2)35(33(45)46-4)14-12-30(42)27(19-35)32(44)39-25-9-5-7-23(18-25)31(43)38-26-10-11-28(22(3)17-26)40-34-37-16-13-29(41-34)24-8-6-15-36-20-24/h5-11,13,15-21H,12,14H2,1-4H3,(H,38,43)(H,39,44)(H,37,40,41). The number of ketones is 1. The van der Waals surface area contributed by atoms with Crippen LogP contribution < -0.4 is 16.0 Å². The number of rotatable bonds is 9. The average Bonchev–Trinajstić information content (AvgIpc) is 3.06. The number of benzene rings is 2. The Bertz CT molecular complexity index is 1840. The van der Waals surface area contributed by atoms with Gasteiger partial charge < -0.3 is 20.7 Å². The molecule has 5 rings (SSSR count). The number of esters is 1. The minimum atomic E-state index is -1.07. The second-order valence-electron chi connectivity index (χ2n) is 11.3. The van der Waals surface area contributed by atoms with E-state index in [1.54, 1.807) is 42.9 Å². The zero-order valence-electron chi connectivity index (χ0n) is 26.0. The van der Waals surface area contributed by atoms with Gasteiger partial charge >= 0.3 is 5.97 Å². The van der Waals surface area contributed by atoms with Crippen LogP contribution in [0.1, 0.15) is 42.6 Å². The molecule has 0 fully saturated rings. The summed E-state index contributed by atoms with van der Waals surface area (Å²) in [6.07, 6.45) is 6.86. The molecule has 1 aliphatic rings. The SMILES string of the molecule is COC(=O)C1(C(C)C)C=C(C(=O)Nc2cccc(C(=O)Nc3ccc(Nc4nccc(-c5cccnc5)n4)c(C)c3)c2)C(=O)CC1. The van der Waals surface area contributed by atoms with Crippen LogP contribution in [-0.2, 0) is 19.1 Å². The van der Waals surface area contributed by atoms with E-state index >= 15 is 0 Å². The maximum atomic E-state index is 13.2. The molecule has 0 spiro atoms. The predicted molar refractivity (Wildman–Crippen MR) is 174 cm³/mol. The molecule has 2 heterocycles. The van der Waals surface area contributed by atoms with Gasteiger partial charge in [0.05, 0.1) is 23.8 Å². The molecular formula is C35H34N6O5. The van der Waals surface area contributed by atoms with E-state index in [1.165, 1.54) is 19.3 Å². The molecule has 11 heteroatoms. The van der Waals surface area contributed by atoms with Crippen LogP contribution in [0.15, 0.2) is 90.9 Å². The predicted octanol–water partition coefficient (Wildman–Crippen LogP) is 5.89. The lowest BCUT2D eigenvalue weighted by atomic mass is 9.68. The first kappa shape index (κ1) is 31.7. The molecule has 2 amide bonds. The molecule has 1 unspecified atom stereocenters. The van der Waals surface area contributed by atoms with Crippen molar-refractivity contribution >= 4 is 46.6 Å². The van der Waals surface area contributed by atoms with Crippen molar-refractivity contribution in [2.24, 2.45) is 11.3 Å². The molecule has 0 aliphatic heterocycles. The van der Waals surface area contributed by atoms with E-state index in [2.05, 4.69) is 30.9 Å². The summed E-state index contributed by atoms with van der Waals surface area (Å²) in [7, 11) is 1.29. The van der Waals surface area contributed by atoms with Crippen molar-refractivity contribution in [1.82, 2.24) is 15.0 Å². The third-order valence-corrected chi connectivity index (χ3v) is 8.03. The Morgan fingerprint density at radius 1 is 0.935 bits per heavy atom. The molecular weight excluding hydrogens is 584 g/mol. The molecule has 3 N–H and O–H groups in total. The Kier molecular flexibility index (Phi) is 9.31. The summed E-state index contributed by atoms with van der Waals surface area (Å²) in [6.45, 7) is 5.60. The maximum Gasteiger partial charge on any atom is 0.315 e. The number of Topliss-reactive ketones (excluding diaryl/α,β-unsaturated/α-hetero) is 1. The Morgan fingerprint density at radius 2 is 1.72 bits per heavy atom. The van der Waals surface area contributed by atoms with Gasteiger partial charge in [-0.1, -0.05) is 26.0 Å². The van der Waals surface area contributed by atoms with E-state index in [-0.39, 0.29) is 36.0 Å². The molecule has 11 nitrogen and oxygen atoms in total. The fourth-order valence-corrected chi connectivity index (χ4v) is 5.34. The van der Waals surface area contributed by atoms with Gasteiger partial charge in [-0.25, -0.2) is 9.97 Å². The Morgan fingerprint density at radius 3 is 2.43 bits per heavy atom. The number of carbonyl (C=O) groups excluding carboxylic acids is 4. The normalized spacial score (nSPS) is 15.9. The second kappa shape index (κ2) is 13.5. The molecule has 2 aromatic heterocycles. The van der Waals surface area contributed by atoms with Crippen LogP contribution >= 0.6 is 0 Å². The lowest BCUT2D eigenvalue weighted by Gasteiger charge is -2.35. The van der Waals surface area contributed by atoms with Gasteiger partial charge in [-0.05, 0) is 79.4 Å². The fraction of sp³-hybridized carbons (Fsp3) is 0.229. The first-order chi connectivity index (χ1) is 22.1. The summed E-state index contributed by atoms with van der Waals surface area (Å²) in [5, 5.41) is 8.81. The molecule has 234 valence electrons. The van der Waals surface area contributed by atoms with E-state index in [9.17, 15) is 19.2 Å². The highest BCUT2D eigenvalue weighted by molar-refractivity contribution is 6.24. The summed E-state index contributed by atoms with van der Waals surface area (Å²) < 4.78 is 5.00. The monoisotopic (exact) mass is 618 g/mol. The fourth-order valence-electron chi connectivity index (χ4n) is 5.34. The van der Waals surface area contributed by atoms with E-state index < -0.39 is 17.3 Å². The summed E-state index contributed by atoms with van der Waals surface area (Å²) >= 11 is 0. The molecule has 46 heavy (non-hydrogen) atoms. The van der Waals surface area contributed by atoms with Crippen molar-refractivity contribution in [2.75, 3.05) is 23.1 Å². The van der Waals surface area contributed by atoms with Crippen molar-refractivity contribution in [3.63, 3.8) is 0 Å². The number of nitrogens with zero attached hydrogens (tertiary/aromatic N) is 3. The lowest BCUT2D eigenvalue weighted by molar-refractivity contribution is -0.153. The van der Waals surface area contributed by atoms with E-state index in [0.717, 1.165) is 22.5 Å². The highest BCUT2D eigenvalue weighted by Crippen LogP contribution is 2.41. The van der Waals surface area contributed by atoms with Crippen molar-refractivity contribution in [3.8, 4) is 11.3 Å². The number of anilines is 4. The van der Waals surface area contributed by atoms with Crippen LogP contribution in [0.4, 0.5) is 23.0 Å². The summed E-state index contributed by atoms with van der Waals surface area (Å²) in [4.78, 5) is 64.7. The molecule has 0 saturated heterocycles. The van der Waals surface area contributed by atoms with Gasteiger partial charge in [-0.3, -0.25) is 24.2 Å². The van der Waals surface area contributed by atoms with Gasteiger partial charge in [-0.15, -0.1) is 0 Å². The van der Waals surface area contributed by atoms with Crippen molar-refractivity contribution in [1.29, 1.82) is 0 Å². The summed E-state index contributed by atoms with van der Waals surface area (Å²) in [5.41, 5.74) is 3.25. The number of methoxy groups -OCH3 is 1. The first-order valence-corrected chi connectivity index (χ1v) is 14.8. The van der Waals surface area contributed by atoms with Crippen LogP contribution in [0.3, 0.4) is 0 Å². The average molecular weight is 619 g/mol. The molecule has 1 aliphatic carbocycles. The number of pyridine rings is 1. The quantitative estimate of drug-likeness (QED) is 0.154. The van der Waals surface area contributed by atoms with Crippen molar-refractivity contribution < 1.29 is 23.9 Å². The Labute approximate surface area is 266 Å². The highest BCUT2D eigenvalue weighted by Gasteiger charge is 2.45. The van der Waals surface area contributed by atoms with E-state index in [4.69, 9.17) is 4.74 Å². The number of ether oxygens (including phenoxy) is 1. The largest absolute Gasteiger partial charge is 0.468 e. The van der Waals surface area contributed by atoms with Gasteiger partial charge in [0.2, 0.25) is 5.95 Å². The number of nitrogens with one attached hydrogen (secondary N) is 3. The summed E-state index contributed by atoms with van der Waals surface area (Å²) in [6, 6.07) is 17.4.